The van der Waals surface area contributed by atoms with Crippen LogP contribution in [0.2, 0.25) is 0 Å². The number of fused-ring (bicyclic) bond motifs is 2. The molecular weight excluding hydrogens is 432 g/mol. The van der Waals surface area contributed by atoms with Crippen LogP contribution >= 0.6 is 11.3 Å². The van der Waals surface area contributed by atoms with Crippen LogP contribution in [0.3, 0.4) is 0 Å². The van der Waals surface area contributed by atoms with E-state index in [4.69, 9.17) is 4.98 Å². The second-order valence-electron chi connectivity index (χ2n) is 8.34. The predicted octanol–water partition coefficient (Wildman–Crippen LogP) is 4.80. The number of anilines is 1. The number of hydrogen-bond donors (Lipinski definition) is 1. The van der Waals surface area contributed by atoms with E-state index in [-0.39, 0.29) is 17.5 Å². The summed E-state index contributed by atoms with van der Waals surface area (Å²) in [5, 5.41) is 5.60. The normalized spacial score (nSPS) is 15.5. The van der Waals surface area contributed by atoms with Gasteiger partial charge in [0.15, 0.2) is 0 Å². The van der Waals surface area contributed by atoms with E-state index in [2.05, 4.69) is 17.1 Å². The van der Waals surface area contributed by atoms with Crippen LogP contribution in [0.5, 0.6) is 0 Å². The zero-order valence-electron chi connectivity index (χ0n) is 18.5. The van der Waals surface area contributed by atoms with Crippen molar-refractivity contribution in [3.05, 3.63) is 93.3 Å². The lowest BCUT2D eigenvalue weighted by atomic mass is 10.1. The van der Waals surface area contributed by atoms with Crippen molar-refractivity contribution in [2.75, 3.05) is 11.9 Å². The van der Waals surface area contributed by atoms with Crippen LogP contribution < -0.4 is 10.9 Å². The number of para-hydroxylation sites is 1. The predicted molar refractivity (Wildman–Crippen MR) is 133 cm³/mol. The third-order valence-corrected chi connectivity index (χ3v) is 7.02. The molecule has 33 heavy (non-hydrogen) atoms. The second-order valence-corrected chi connectivity index (χ2v) is 9.23. The third kappa shape index (κ3) is 4.34. The molecule has 0 saturated heterocycles. The molecule has 0 aliphatic carbocycles. The van der Waals surface area contributed by atoms with Crippen LogP contribution in [-0.2, 0) is 17.9 Å². The van der Waals surface area contributed by atoms with Crippen LogP contribution in [0.25, 0.3) is 10.2 Å². The van der Waals surface area contributed by atoms with Gasteiger partial charge in [0.25, 0.3) is 5.56 Å². The second kappa shape index (κ2) is 9.29. The number of carbonyl (C=O) groups excluding carboxylic acids is 1. The van der Waals surface area contributed by atoms with E-state index in [0.717, 1.165) is 33.9 Å². The molecule has 0 radical (unpaired) electrons. The largest absolute Gasteiger partial charge is 0.326 e. The van der Waals surface area contributed by atoms with Crippen LogP contribution in [-0.4, -0.2) is 26.9 Å². The minimum atomic E-state index is -0.0909. The topological polar surface area (TPSA) is 67.2 Å². The van der Waals surface area contributed by atoms with Gasteiger partial charge in [-0.05, 0) is 35.1 Å². The van der Waals surface area contributed by atoms with Gasteiger partial charge in [-0.15, -0.1) is 11.3 Å². The van der Waals surface area contributed by atoms with Gasteiger partial charge in [0.1, 0.15) is 10.7 Å². The number of rotatable bonds is 5. The van der Waals surface area contributed by atoms with Crippen molar-refractivity contribution in [3.8, 4) is 0 Å². The molecule has 4 aromatic rings. The molecule has 0 spiro atoms. The summed E-state index contributed by atoms with van der Waals surface area (Å²) in [4.78, 5) is 34.1. The van der Waals surface area contributed by atoms with Crippen molar-refractivity contribution in [1.29, 1.82) is 0 Å². The fourth-order valence-electron chi connectivity index (χ4n) is 4.54. The van der Waals surface area contributed by atoms with Gasteiger partial charge in [-0.3, -0.25) is 19.1 Å². The Bertz CT molecular complexity index is 1350. The lowest BCUT2D eigenvalue weighted by Crippen LogP contribution is -2.37. The quantitative estimate of drug-likeness (QED) is 0.466. The van der Waals surface area contributed by atoms with Gasteiger partial charge in [-0.2, -0.15) is 0 Å². The SMILES string of the molecule is CCC(c1nc2sccc2c(=O)n1Cc1ccccc1)N1CCC(=O)Nc2ccccc2C1. The first-order valence-electron chi connectivity index (χ1n) is 11.3. The van der Waals surface area contributed by atoms with E-state index in [0.29, 0.717) is 31.4 Å². The first-order chi connectivity index (χ1) is 16.1. The molecule has 5 rings (SSSR count). The molecule has 1 aliphatic rings. The minimum absolute atomic E-state index is 0.00495. The first kappa shape index (κ1) is 21.6. The number of benzene rings is 2. The average molecular weight is 459 g/mol. The van der Waals surface area contributed by atoms with Gasteiger partial charge in [0.05, 0.1) is 18.0 Å². The summed E-state index contributed by atoms with van der Waals surface area (Å²) in [6.07, 6.45) is 1.18. The molecule has 168 valence electrons. The summed E-state index contributed by atoms with van der Waals surface area (Å²) in [6.45, 7) is 3.86. The number of carbonyl (C=O) groups is 1. The van der Waals surface area contributed by atoms with E-state index >= 15 is 0 Å². The maximum absolute atomic E-state index is 13.5. The Morgan fingerprint density at radius 1 is 1.06 bits per heavy atom. The monoisotopic (exact) mass is 458 g/mol. The van der Waals surface area contributed by atoms with Crippen molar-refractivity contribution >= 4 is 33.1 Å². The number of thiophene rings is 1. The van der Waals surface area contributed by atoms with Crippen LogP contribution in [0, 0.1) is 0 Å². The Morgan fingerprint density at radius 3 is 2.67 bits per heavy atom. The lowest BCUT2D eigenvalue weighted by molar-refractivity contribution is -0.116. The molecule has 1 unspecified atom stereocenters. The van der Waals surface area contributed by atoms with Gasteiger partial charge in [0.2, 0.25) is 5.91 Å². The Balaban J connectivity index is 1.61. The molecule has 0 fully saturated rings. The minimum Gasteiger partial charge on any atom is -0.326 e. The highest BCUT2D eigenvalue weighted by atomic mass is 32.1. The molecule has 2 aromatic carbocycles. The zero-order valence-corrected chi connectivity index (χ0v) is 19.3. The van der Waals surface area contributed by atoms with Crippen LogP contribution in [0.15, 0.2) is 70.8 Å². The third-order valence-electron chi connectivity index (χ3n) is 6.21. The molecule has 3 heterocycles. The number of amides is 1. The Morgan fingerprint density at radius 2 is 1.85 bits per heavy atom. The summed E-state index contributed by atoms with van der Waals surface area (Å²) in [7, 11) is 0. The van der Waals surface area contributed by atoms with Gasteiger partial charge in [0, 0.05) is 25.2 Å². The maximum Gasteiger partial charge on any atom is 0.262 e. The van der Waals surface area contributed by atoms with Crippen molar-refractivity contribution < 1.29 is 4.79 Å². The number of hydrogen-bond acceptors (Lipinski definition) is 5. The molecular formula is C26H26N4O2S. The maximum atomic E-state index is 13.5. The van der Waals surface area contributed by atoms with Gasteiger partial charge >= 0.3 is 0 Å². The summed E-state index contributed by atoms with van der Waals surface area (Å²) >= 11 is 1.49. The van der Waals surface area contributed by atoms with Gasteiger partial charge in [-0.1, -0.05) is 55.5 Å². The van der Waals surface area contributed by atoms with E-state index in [1.54, 1.807) is 0 Å². The summed E-state index contributed by atoms with van der Waals surface area (Å²) in [6, 6.07) is 19.7. The highest BCUT2D eigenvalue weighted by Crippen LogP contribution is 2.30. The molecule has 0 saturated carbocycles. The lowest BCUT2D eigenvalue weighted by Gasteiger charge is -2.33. The molecule has 7 heteroatoms. The number of aromatic nitrogens is 2. The molecule has 1 N–H and O–H groups in total. The zero-order chi connectivity index (χ0) is 22.8. The Labute approximate surface area is 196 Å². The molecule has 6 nitrogen and oxygen atoms in total. The summed E-state index contributed by atoms with van der Waals surface area (Å²) < 4.78 is 1.82. The molecule has 1 aliphatic heterocycles. The van der Waals surface area contributed by atoms with Gasteiger partial charge in [-0.25, -0.2) is 4.98 Å². The van der Waals surface area contributed by atoms with Crippen molar-refractivity contribution in [3.63, 3.8) is 0 Å². The standard InChI is InChI=1S/C26H26N4O2S/c1-2-22(29-14-12-23(31)27-21-11-7-6-10-19(21)17-29)24-28-25-20(13-15-33-25)26(32)30(24)16-18-8-4-3-5-9-18/h3-11,13,15,22H,2,12,14,16-17H2,1H3,(H,27,31). The number of nitrogens with one attached hydrogen (secondary N) is 1. The van der Waals surface area contributed by atoms with Crippen LogP contribution in [0.1, 0.15) is 42.8 Å². The van der Waals surface area contributed by atoms with E-state index in [1.165, 1.54) is 11.3 Å². The van der Waals surface area contributed by atoms with Crippen molar-refractivity contribution in [2.24, 2.45) is 0 Å². The first-order valence-corrected chi connectivity index (χ1v) is 12.2. The number of nitrogens with zero attached hydrogens (tertiary/aromatic N) is 3. The van der Waals surface area contributed by atoms with E-state index in [9.17, 15) is 9.59 Å². The van der Waals surface area contributed by atoms with E-state index < -0.39 is 0 Å². The fraction of sp³-hybridized carbons (Fsp3) is 0.269. The Hall–Kier alpha value is -3.29. The molecule has 0 bridgehead atoms. The molecule has 1 atom stereocenters. The molecule has 2 aromatic heterocycles. The average Bonchev–Trinajstić information content (AvgIpc) is 3.30. The fourth-order valence-corrected chi connectivity index (χ4v) is 5.31. The van der Waals surface area contributed by atoms with Crippen molar-refractivity contribution in [2.45, 2.75) is 38.9 Å². The smallest absolute Gasteiger partial charge is 0.262 e. The highest BCUT2D eigenvalue weighted by molar-refractivity contribution is 7.16. The Kier molecular flexibility index (Phi) is 6.07. The summed E-state index contributed by atoms with van der Waals surface area (Å²) in [5.74, 6) is 0.769. The van der Waals surface area contributed by atoms with E-state index in [1.807, 2.05) is 70.6 Å². The van der Waals surface area contributed by atoms with Crippen LogP contribution in [0.4, 0.5) is 5.69 Å². The highest BCUT2D eigenvalue weighted by Gasteiger charge is 2.28. The summed E-state index contributed by atoms with van der Waals surface area (Å²) in [5.41, 5.74) is 2.97. The molecule has 1 amide bonds. The van der Waals surface area contributed by atoms with Crippen molar-refractivity contribution in [1.82, 2.24) is 14.5 Å². The van der Waals surface area contributed by atoms with Gasteiger partial charge < -0.3 is 5.32 Å².